The Morgan fingerprint density at radius 2 is 2.05 bits per heavy atom. The van der Waals surface area contributed by atoms with Crippen molar-refractivity contribution in [1.82, 2.24) is 29.2 Å². The number of aliphatic hydroxyl groups is 1. The molecule has 0 aromatic carbocycles. The van der Waals surface area contributed by atoms with Crippen LogP contribution >= 0.6 is 28.4 Å². The van der Waals surface area contributed by atoms with E-state index >= 15 is 0 Å². The molecule has 0 fully saturated rings. The molecule has 11 nitrogen and oxygen atoms in total. The number of rotatable bonds is 5. The number of pyridine rings is 1. The van der Waals surface area contributed by atoms with Gasteiger partial charge in [-0.1, -0.05) is 13.8 Å². The van der Waals surface area contributed by atoms with Crippen LogP contribution < -0.4 is 10.5 Å². The minimum absolute atomic E-state index is 0.0811. The molecular formula is C28H42IN8O3P. The third-order valence-corrected chi connectivity index (χ3v) is 8.20. The lowest BCUT2D eigenvalue weighted by Gasteiger charge is -2.24. The second-order valence-electron chi connectivity index (χ2n) is 9.63. The summed E-state index contributed by atoms with van der Waals surface area (Å²) in [7, 11) is 3.88. The molecule has 13 heteroatoms. The molecule has 4 rings (SSSR count). The summed E-state index contributed by atoms with van der Waals surface area (Å²) in [5, 5.41) is 20.2. The summed E-state index contributed by atoms with van der Waals surface area (Å²) in [6.07, 6.45) is 5.93. The van der Waals surface area contributed by atoms with E-state index in [1.807, 2.05) is 84.5 Å². The zero-order valence-corrected chi connectivity index (χ0v) is 28.3. The third-order valence-electron chi connectivity index (χ3n) is 6.33. The van der Waals surface area contributed by atoms with Crippen LogP contribution in [-0.4, -0.2) is 85.5 Å². The molecule has 0 aliphatic carbocycles. The Morgan fingerprint density at radius 3 is 2.71 bits per heavy atom. The quantitative estimate of drug-likeness (QED) is 0.223. The Bertz CT molecular complexity index is 1430. The van der Waals surface area contributed by atoms with Gasteiger partial charge < -0.3 is 20.3 Å². The van der Waals surface area contributed by atoms with Crippen LogP contribution in [0.2, 0.25) is 0 Å². The molecule has 3 aromatic rings. The first-order valence-corrected chi connectivity index (χ1v) is 17.9. The summed E-state index contributed by atoms with van der Waals surface area (Å²) in [5.74, 6) is 0.940. The highest BCUT2D eigenvalue weighted by Gasteiger charge is 2.23. The summed E-state index contributed by atoms with van der Waals surface area (Å²) in [6, 6.07) is 1.73. The Labute approximate surface area is 257 Å². The molecular weight excluding hydrogens is 654 g/mol. The fraction of sp³-hybridized carbons (Fsp3) is 0.500. The predicted octanol–water partition coefficient (Wildman–Crippen LogP) is 4.71. The molecule has 0 spiro atoms. The van der Waals surface area contributed by atoms with Crippen LogP contribution in [0.5, 0.6) is 5.88 Å². The average Bonchev–Trinajstić information content (AvgIpc) is 3.43. The number of aliphatic imine (C=N–C) groups is 1. The molecule has 3 aromatic heterocycles. The number of hydrogen-bond donors (Lipinski definition) is 2. The summed E-state index contributed by atoms with van der Waals surface area (Å²) in [4.78, 5) is 11.7. The van der Waals surface area contributed by atoms with Gasteiger partial charge in [-0.3, -0.25) is 14.9 Å². The van der Waals surface area contributed by atoms with Gasteiger partial charge in [0.1, 0.15) is 6.10 Å². The van der Waals surface area contributed by atoms with Crippen LogP contribution in [0.1, 0.15) is 46.0 Å². The molecule has 3 atom stereocenters. The molecule has 3 unspecified atom stereocenters. The molecule has 1 aliphatic heterocycles. The Morgan fingerprint density at radius 1 is 1.32 bits per heavy atom. The fourth-order valence-electron chi connectivity index (χ4n) is 4.63. The lowest BCUT2D eigenvalue weighted by molar-refractivity contribution is 0.159. The highest BCUT2D eigenvalue weighted by Crippen LogP contribution is 2.37. The van der Waals surface area contributed by atoms with Crippen molar-refractivity contribution in [3.63, 3.8) is 0 Å². The van der Waals surface area contributed by atoms with E-state index in [0.717, 1.165) is 33.5 Å². The van der Waals surface area contributed by atoms with Gasteiger partial charge in [0.05, 0.1) is 71.3 Å². The van der Waals surface area contributed by atoms with Crippen LogP contribution in [-0.2, 0) is 11.8 Å². The second-order valence-corrected chi connectivity index (χ2v) is 11.7. The maximum absolute atomic E-state index is 9.78. The molecule has 3 N–H and O–H groups in total. The van der Waals surface area contributed by atoms with E-state index in [0.29, 0.717) is 43.2 Å². The smallest absolute Gasteiger partial charge is 0.221 e. The number of nitrogens with two attached hydrogens (primary N) is 1. The number of halogens is 1. The Hall–Kier alpha value is -2.54. The lowest BCUT2D eigenvalue weighted by atomic mass is 10.1. The minimum Gasteiger partial charge on any atom is -0.479 e. The first-order valence-electron chi connectivity index (χ1n) is 13.8. The molecule has 0 saturated heterocycles. The van der Waals surface area contributed by atoms with Crippen LogP contribution in [0.15, 0.2) is 34.8 Å². The minimum atomic E-state index is -0.309. The van der Waals surface area contributed by atoms with Crippen molar-refractivity contribution >= 4 is 51.1 Å². The normalized spacial score (nSPS) is 20.2. The van der Waals surface area contributed by atoms with Gasteiger partial charge in [-0.2, -0.15) is 10.2 Å². The number of aromatic nitrogens is 5. The van der Waals surface area contributed by atoms with Crippen molar-refractivity contribution in [2.45, 2.75) is 53.7 Å². The number of allylic oxidation sites excluding steroid dienone is 1. The van der Waals surface area contributed by atoms with Crippen LogP contribution in [0.3, 0.4) is 0 Å². The first-order chi connectivity index (χ1) is 19.7. The predicted molar refractivity (Wildman–Crippen MR) is 177 cm³/mol. The SMILES string of the molecule is CC.CCO/C(N)=C1\C=C\c2nn(PI)c3cnc(cc23)-c2c(C)nn(C)c2OC(C)CN(C)CC1=NC(C)CO. The monoisotopic (exact) mass is 696 g/mol. The van der Waals surface area contributed by atoms with Gasteiger partial charge in [0.2, 0.25) is 5.88 Å². The van der Waals surface area contributed by atoms with E-state index in [2.05, 4.69) is 32.0 Å². The van der Waals surface area contributed by atoms with E-state index < -0.39 is 0 Å². The van der Waals surface area contributed by atoms with Gasteiger partial charge in [0.25, 0.3) is 0 Å². The summed E-state index contributed by atoms with van der Waals surface area (Å²) < 4.78 is 15.9. The van der Waals surface area contributed by atoms with E-state index in [9.17, 15) is 5.11 Å². The van der Waals surface area contributed by atoms with Gasteiger partial charge in [0.15, 0.2) is 5.88 Å². The number of ether oxygens (including phenoxy) is 2. The molecule has 224 valence electrons. The largest absolute Gasteiger partial charge is 0.479 e. The van der Waals surface area contributed by atoms with Gasteiger partial charge in [-0.05, 0) is 75.0 Å². The van der Waals surface area contributed by atoms with Crippen molar-refractivity contribution < 1.29 is 14.6 Å². The average molecular weight is 697 g/mol. The van der Waals surface area contributed by atoms with Crippen LogP contribution in [0.4, 0.5) is 0 Å². The summed E-state index contributed by atoms with van der Waals surface area (Å²) in [6.45, 7) is 13.2. The molecule has 0 radical (unpaired) electrons. The standard InChI is InChI=1S/C26H36IN8O3P.C2H6/c1-7-37-25(28)18-8-9-20-19-10-21(29-11-23(19)35(32-20)39-27)24-17(4)31-34(6)26(24)38-16(3)12-33(5)13-22(18)30-15(2)14-36;1-2/h8-11,15-16,36,39H,7,12-14,28H2,1-6H3;1-2H3/b9-8+,25-18+,30-22?;. The van der Waals surface area contributed by atoms with Crippen LogP contribution in [0, 0.1) is 6.92 Å². The summed E-state index contributed by atoms with van der Waals surface area (Å²) in [5.41, 5.74) is 12.0. The van der Waals surface area contributed by atoms with E-state index in [1.54, 1.807) is 4.68 Å². The van der Waals surface area contributed by atoms with Crippen LogP contribution in [0.25, 0.3) is 28.2 Å². The lowest BCUT2D eigenvalue weighted by Crippen LogP contribution is -2.36. The van der Waals surface area contributed by atoms with E-state index in [-0.39, 0.29) is 24.6 Å². The molecule has 0 saturated carbocycles. The van der Waals surface area contributed by atoms with Crippen molar-refractivity contribution in [2.75, 3.05) is 33.4 Å². The topological polar surface area (TPSA) is 129 Å². The maximum atomic E-state index is 9.78. The van der Waals surface area contributed by atoms with Crippen molar-refractivity contribution in [1.29, 1.82) is 0 Å². The maximum Gasteiger partial charge on any atom is 0.221 e. The molecule has 1 aliphatic rings. The van der Waals surface area contributed by atoms with Gasteiger partial charge in [0, 0.05) is 25.5 Å². The van der Waals surface area contributed by atoms with E-state index in [4.69, 9.17) is 30.3 Å². The number of likely N-dealkylation sites (N-methyl/N-ethyl adjacent to an activating group) is 1. The Kier molecular flexibility index (Phi) is 12.1. The van der Waals surface area contributed by atoms with Gasteiger partial charge in [-0.15, -0.1) is 0 Å². The Balaban J connectivity index is 0.00000226. The molecule has 0 amide bonds. The summed E-state index contributed by atoms with van der Waals surface area (Å²) >= 11 is 2.31. The van der Waals surface area contributed by atoms with Crippen molar-refractivity contribution in [2.24, 2.45) is 17.8 Å². The number of nitrogens with zero attached hydrogens (tertiary/aromatic N) is 7. The highest BCUT2D eigenvalue weighted by atomic mass is 127. The first kappa shape index (κ1) is 33.0. The highest BCUT2D eigenvalue weighted by molar-refractivity contribution is 14.2. The molecule has 41 heavy (non-hydrogen) atoms. The van der Waals surface area contributed by atoms with Crippen molar-refractivity contribution in [3.8, 4) is 17.1 Å². The number of aliphatic hydroxyl groups excluding tert-OH is 1. The van der Waals surface area contributed by atoms with Crippen molar-refractivity contribution in [3.05, 3.63) is 41.2 Å². The zero-order valence-electron chi connectivity index (χ0n) is 25.1. The number of fused-ring (bicyclic) bond motifs is 3. The second kappa shape index (κ2) is 15.1. The zero-order chi connectivity index (χ0) is 30.3. The molecule has 4 heterocycles. The third kappa shape index (κ3) is 7.65. The fourth-order valence-corrected chi connectivity index (χ4v) is 6.15. The molecule has 2 bridgehead atoms. The van der Waals surface area contributed by atoms with Gasteiger partial charge >= 0.3 is 0 Å². The number of aryl methyl sites for hydroxylation is 2. The van der Waals surface area contributed by atoms with E-state index in [1.165, 1.54) is 0 Å². The number of hydrogen-bond acceptors (Lipinski definition) is 9. The van der Waals surface area contributed by atoms with Gasteiger partial charge in [-0.25, -0.2) is 9.13 Å².